The fourth-order valence-corrected chi connectivity index (χ4v) is 1.79. The maximum Gasteiger partial charge on any atom is 0.102 e. The quantitative estimate of drug-likeness (QED) is 0.866. The smallest absolute Gasteiger partial charge is 0.102 e. The van der Waals surface area contributed by atoms with Crippen molar-refractivity contribution in [3.8, 4) is 0 Å². The van der Waals surface area contributed by atoms with Gasteiger partial charge in [-0.1, -0.05) is 19.1 Å². The largest absolute Gasteiger partial charge is 0.348 e. The van der Waals surface area contributed by atoms with Crippen LogP contribution >= 0.6 is 0 Å². The standard InChI is InChI=1S/C12H19N5/c1-9(2)12(13)10-4-5-17(6-10)8-11-7-16(3)15-14-11/h4-7,9,12H,8,13H2,1-3H3. The Balaban J connectivity index is 2.08. The lowest BCUT2D eigenvalue weighted by Gasteiger charge is -2.13. The number of aromatic nitrogens is 4. The monoisotopic (exact) mass is 233 g/mol. The van der Waals surface area contributed by atoms with Crippen molar-refractivity contribution in [1.29, 1.82) is 0 Å². The number of rotatable bonds is 4. The molecular formula is C12H19N5. The van der Waals surface area contributed by atoms with E-state index in [2.05, 4.69) is 41.0 Å². The van der Waals surface area contributed by atoms with Crippen molar-refractivity contribution in [1.82, 2.24) is 19.6 Å². The minimum absolute atomic E-state index is 0.0955. The van der Waals surface area contributed by atoms with Crippen molar-refractivity contribution >= 4 is 0 Å². The summed E-state index contributed by atoms with van der Waals surface area (Å²) >= 11 is 0. The van der Waals surface area contributed by atoms with Crippen LogP contribution in [0.1, 0.15) is 31.1 Å². The summed E-state index contributed by atoms with van der Waals surface area (Å²) in [4.78, 5) is 0. The molecule has 0 aromatic carbocycles. The zero-order valence-corrected chi connectivity index (χ0v) is 10.5. The summed E-state index contributed by atoms with van der Waals surface area (Å²) in [6.45, 7) is 4.99. The summed E-state index contributed by atoms with van der Waals surface area (Å²) in [7, 11) is 1.87. The molecule has 0 saturated carbocycles. The lowest BCUT2D eigenvalue weighted by molar-refractivity contribution is 0.513. The molecule has 2 N–H and O–H groups in total. The molecule has 2 aromatic rings. The molecule has 2 heterocycles. The van der Waals surface area contributed by atoms with E-state index in [0.29, 0.717) is 5.92 Å². The van der Waals surface area contributed by atoms with E-state index in [9.17, 15) is 0 Å². The second kappa shape index (κ2) is 4.71. The number of nitrogens with two attached hydrogens (primary N) is 1. The molecule has 0 spiro atoms. The second-order valence-corrected chi connectivity index (χ2v) is 4.77. The Morgan fingerprint density at radius 1 is 1.35 bits per heavy atom. The number of aryl methyl sites for hydroxylation is 1. The van der Waals surface area contributed by atoms with E-state index in [4.69, 9.17) is 5.73 Å². The van der Waals surface area contributed by atoms with Gasteiger partial charge in [-0.25, -0.2) is 0 Å². The lowest BCUT2D eigenvalue weighted by atomic mass is 10.00. The zero-order valence-electron chi connectivity index (χ0n) is 10.5. The van der Waals surface area contributed by atoms with Crippen LogP contribution in [-0.2, 0) is 13.6 Å². The van der Waals surface area contributed by atoms with Crippen LogP contribution in [0.2, 0.25) is 0 Å². The molecule has 0 bridgehead atoms. The van der Waals surface area contributed by atoms with Gasteiger partial charge in [-0.15, -0.1) is 5.10 Å². The molecule has 1 atom stereocenters. The Labute approximate surface area is 101 Å². The summed E-state index contributed by atoms with van der Waals surface area (Å²) in [6.07, 6.45) is 6.04. The van der Waals surface area contributed by atoms with E-state index in [1.54, 1.807) is 4.68 Å². The highest BCUT2D eigenvalue weighted by Crippen LogP contribution is 2.19. The van der Waals surface area contributed by atoms with Gasteiger partial charge in [-0.2, -0.15) is 0 Å². The van der Waals surface area contributed by atoms with Crippen LogP contribution in [0.5, 0.6) is 0 Å². The molecule has 17 heavy (non-hydrogen) atoms. The summed E-state index contributed by atoms with van der Waals surface area (Å²) in [6, 6.07) is 2.17. The van der Waals surface area contributed by atoms with Gasteiger partial charge in [0.25, 0.3) is 0 Å². The molecule has 1 unspecified atom stereocenters. The Morgan fingerprint density at radius 3 is 2.71 bits per heavy atom. The highest BCUT2D eigenvalue weighted by molar-refractivity contribution is 5.16. The third-order valence-corrected chi connectivity index (χ3v) is 2.87. The van der Waals surface area contributed by atoms with Crippen molar-refractivity contribution in [2.24, 2.45) is 18.7 Å². The average Bonchev–Trinajstić information content (AvgIpc) is 2.87. The molecule has 0 aliphatic carbocycles. The molecule has 5 nitrogen and oxygen atoms in total. The zero-order chi connectivity index (χ0) is 12.4. The highest BCUT2D eigenvalue weighted by Gasteiger charge is 2.11. The maximum absolute atomic E-state index is 6.10. The van der Waals surface area contributed by atoms with Crippen LogP contribution < -0.4 is 5.73 Å². The van der Waals surface area contributed by atoms with Gasteiger partial charge in [0.1, 0.15) is 5.69 Å². The molecule has 0 fully saturated rings. The third kappa shape index (κ3) is 2.74. The van der Waals surface area contributed by atoms with Gasteiger partial charge >= 0.3 is 0 Å². The number of hydrogen-bond acceptors (Lipinski definition) is 3. The second-order valence-electron chi connectivity index (χ2n) is 4.77. The minimum Gasteiger partial charge on any atom is -0.348 e. The molecule has 2 rings (SSSR count). The number of hydrogen-bond donors (Lipinski definition) is 1. The molecule has 0 amide bonds. The van der Waals surface area contributed by atoms with Crippen LogP contribution in [0.25, 0.3) is 0 Å². The number of nitrogens with zero attached hydrogens (tertiary/aromatic N) is 4. The first-order chi connectivity index (χ1) is 8.06. The van der Waals surface area contributed by atoms with Gasteiger partial charge in [-0.3, -0.25) is 4.68 Å². The predicted molar refractivity (Wildman–Crippen MR) is 66.3 cm³/mol. The highest BCUT2D eigenvalue weighted by atomic mass is 15.4. The average molecular weight is 233 g/mol. The van der Waals surface area contributed by atoms with Gasteiger partial charge in [0.05, 0.1) is 6.54 Å². The van der Waals surface area contributed by atoms with E-state index in [1.807, 2.05) is 19.4 Å². The van der Waals surface area contributed by atoms with Crippen molar-refractivity contribution in [2.45, 2.75) is 26.4 Å². The van der Waals surface area contributed by atoms with E-state index < -0.39 is 0 Å². The van der Waals surface area contributed by atoms with E-state index in [0.717, 1.165) is 12.2 Å². The van der Waals surface area contributed by atoms with Crippen LogP contribution in [0, 0.1) is 5.92 Å². The molecule has 0 radical (unpaired) electrons. The predicted octanol–water partition coefficient (Wildman–Crippen LogP) is 1.32. The van der Waals surface area contributed by atoms with E-state index in [-0.39, 0.29) is 6.04 Å². The first kappa shape index (κ1) is 11.9. The van der Waals surface area contributed by atoms with Gasteiger partial charge < -0.3 is 10.3 Å². The topological polar surface area (TPSA) is 61.7 Å². The Hall–Kier alpha value is -1.62. The van der Waals surface area contributed by atoms with Gasteiger partial charge in [0, 0.05) is 31.7 Å². The summed E-state index contributed by atoms with van der Waals surface area (Å²) in [5.74, 6) is 0.447. The van der Waals surface area contributed by atoms with Crippen LogP contribution in [0.4, 0.5) is 0 Å². The molecule has 0 aliphatic rings. The third-order valence-electron chi connectivity index (χ3n) is 2.87. The summed E-state index contributed by atoms with van der Waals surface area (Å²) in [5.41, 5.74) is 8.23. The lowest BCUT2D eigenvalue weighted by Crippen LogP contribution is -2.15. The first-order valence-electron chi connectivity index (χ1n) is 5.82. The molecule has 0 aliphatic heterocycles. The first-order valence-corrected chi connectivity index (χ1v) is 5.82. The van der Waals surface area contributed by atoms with E-state index in [1.165, 1.54) is 5.56 Å². The molecular weight excluding hydrogens is 214 g/mol. The van der Waals surface area contributed by atoms with Crippen LogP contribution in [-0.4, -0.2) is 19.6 Å². The summed E-state index contributed by atoms with van der Waals surface area (Å²) < 4.78 is 3.79. The van der Waals surface area contributed by atoms with Crippen LogP contribution in [0.3, 0.4) is 0 Å². The minimum atomic E-state index is 0.0955. The van der Waals surface area contributed by atoms with E-state index >= 15 is 0 Å². The molecule has 0 saturated heterocycles. The normalized spacial score (nSPS) is 13.2. The van der Waals surface area contributed by atoms with Crippen LogP contribution in [0.15, 0.2) is 24.7 Å². The molecule has 92 valence electrons. The van der Waals surface area contributed by atoms with Gasteiger partial charge in [-0.05, 0) is 17.5 Å². The Morgan fingerprint density at radius 2 is 2.12 bits per heavy atom. The fraction of sp³-hybridized carbons (Fsp3) is 0.500. The SMILES string of the molecule is CC(C)C(N)c1ccn(Cc2cn(C)nn2)c1. The molecule has 5 heteroatoms. The molecule has 2 aromatic heterocycles. The Kier molecular flexibility index (Phi) is 3.28. The Bertz CT molecular complexity index is 483. The summed E-state index contributed by atoms with van der Waals surface area (Å²) in [5, 5.41) is 7.97. The maximum atomic E-state index is 6.10. The van der Waals surface area contributed by atoms with Crippen molar-refractivity contribution in [2.75, 3.05) is 0 Å². The fourth-order valence-electron chi connectivity index (χ4n) is 1.79. The van der Waals surface area contributed by atoms with Crippen molar-refractivity contribution in [3.05, 3.63) is 35.9 Å². The van der Waals surface area contributed by atoms with Gasteiger partial charge in [0.2, 0.25) is 0 Å². The van der Waals surface area contributed by atoms with Gasteiger partial charge in [0.15, 0.2) is 0 Å². The van der Waals surface area contributed by atoms with Crippen molar-refractivity contribution < 1.29 is 0 Å². The van der Waals surface area contributed by atoms with Crippen molar-refractivity contribution in [3.63, 3.8) is 0 Å².